The monoisotopic (exact) mass is 301 g/mol. The molecule has 22 heavy (non-hydrogen) atoms. The van der Waals surface area contributed by atoms with Crippen LogP contribution in [0.1, 0.15) is 13.3 Å². The van der Waals surface area contributed by atoms with Crippen LogP contribution in [0.15, 0.2) is 41.2 Å². The fourth-order valence-electron chi connectivity index (χ4n) is 2.31. The lowest BCUT2D eigenvalue weighted by Crippen LogP contribution is -2.05. The highest BCUT2D eigenvalue weighted by Crippen LogP contribution is 2.23. The molecule has 0 radical (unpaired) electrons. The molecule has 0 amide bonds. The van der Waals surface area contributed by atoms with Crippen LogP contribution in [0.5, 0.6) is 5.75 Å². The number of anilines is 1. The number of benzene rings is 2. The van der Waals surface area contributed by atoms with Gasteiger partial charge in [0.2, 0.25) is 0 Å². The van der Waals surface area contributed by atoms with Crippen LogP contribution >= 0.6 is 0 Å². The third-order valence-corrected chi connectivity index (χ3v) is 3.35. The highest BCUT2D eigenvalue weighted by Gasteiger charge is 2.12. The number of H-pyrrole nitrogens is 1. The van der Waals surface area contributed by atoms with Crippen molar-refractivity contribution in [2.75, 3.05) is 12.3 Å². The van der Waals surface area contributed by atoms with E-state index in [0.29, 0.717) is 28.9 Å². The van der Waals surface area contributed by atoms with Gasteiger partial charge in [-0.2, -0.15) is 0 Å². The lowest BCUT2D eigenvalue weighted by atomic mass is 10.2. The molecule has 2 aromatic carbocycles. The van der Waals surface area contributed by atoms with Crippen molar-refractivity contribution in [2.45, 2.75) is 13.3 Å². The van der Waals surface area contributed by atoms with Crippen LogP contribution in [0, 0.1) is 5.82 Å². The van der Waals surface area contributed by atoms with Crippen LogP contribution in [-0.4, -0.2) is 16.4 Å². The van der Waals surface area contributed by atoms with Crippen LogP contribution in [-0.2, 0) is 0 Å². The molecule has 0 fully saturated rings. The molecule has 0 aliphatic heterocycles. The first-order chi connectivity index (χ1) is 10.6. The van der Waals surface area contributed by atoms with E-state index in [-0.39, 0.29) is 11.2 Å². The molecule has 3 N–H and O–H groups in total. The molecular weight excluding hydrogens is 285 g/mol. The highest BCUT2D eigenvalue weighted by atomic mass is 19.1. The Kier molecular flexibility index (Phi) is 3.58. The molecule has 1 aromatic heterocycles. The molecule has 0 aliphatic carbocycles. The second kappa shape index (κ2) is 5.55. The van der Waals surface area contributed by atoms with Crippen molar-refractivity contribution in [1.82, 2.24) is 9.78 Å². The quantitative estimate of drug-likeness (QED) is 0.728. The van der Waals surface area contributed by atoms with E-state index in [2.05, 4.69) is 5.10 Å². The summed E-state index contributed by atoms with van der Waals surface area (Å²) in [5, 5.41) is 3.11. The molecule has 0 saturated carbocycles. The maximum atomic E-state index is 14.1. The van der Waals surface area contributed by atoms with E-state index in [4.69, 9.17) is 10.5 Å². The molecule has 0 spiro atoms. The normalized spacial score (nSPS) is 11.0. The lowest BCUT2D eigenvalue weighted by Gasteiger charge is -2.08. The number of hydrogen-bond donors (Lipinski definition) is 2. The predicted molar refractivity (Wildman–Crippen MR) is 84.1 cm³/mol. The number of nitrogen functional groups attached to an aromatic ring is 1. The average molecular weight is 301 g/mol. The second-order valence-corrected chi connectivity index (χ2v) is 5.01. The van der Waals surface area contributed by atoms with Crippen molar-refractivity contribution in [1.29, 1.82) is 0 Å². The third kappa shape index (κ3) is 2.43. The zero-order valence-electron chi connectivity index (χ0n) is 12.1. The van der Waals surface area contributed by atoms with Gasteiger partial charge in [0, 0.05) is 11.8 Å². The van der Waals surface area contributed by atoms with E-state index in [1.807, 2.05) is 6.92 Å². The first kappa shape index (κ1) is 14.2. The summed E-state index contributed by atoms with van der Waals surface area (Å²) >= 11 is 0. The van der Waals surface area contributed by atoms with Gasteiger partial charge >= 0.3 is 0 Å². The predicted octanol–water partition coefficient (Wildman–Crippen LogP) is 2.83. The van der Waals surface area contributed by atoms with Crippen LogP contribution in [0.25, 0.3) is 16.6 Å². The Balaban J connectivity index is 2.18. The minimum atomic E-state index is -0.506. The smallest absolute Gasteiger partial charge is 0.272 e. The van der Waals surface area contributed by atoms with Gasteiger partial charge in [0.25, 0.3) is 5.56 Å². The summed E-state index contributed by atoms with van der Waals surface area (Å²) < 4.78 is 21.1. The Morgan fingerprint density at radius 3 is 2.82 bits per heavy atom. The second-order valence-electron chi connectivity index (χ2n) is 5.01. The van der Waals surface area contributed by atoms with E-state index < -0.39 is 5.82 Å². The van der Waals surface area contributed by atoms with Gasteiger partial charge < -0.3 is 10.5 Å². The first-order valence-corrected chi connectivity index (χ1v) is 7.03. The zero-order valence-corrected chi connectivity index (χ0v) is 12.1. The van der Waals surface area contributed by atoms with Crippen molar-refractivity contribution in [3.8, 4) is 11.4 Å². The molecule has 3 aromatic rings. The van der Waals surface area contributed by atoms with Crippen molar-refractivity contribution >= 4 is 16.6 Å². The fourth-order valence-corrected chi connectivity index (χ4v) is 2.31. The Bertz CT molecular complexity index is 883. The molecule has 114 valence electrons. The summed E-state index contributed by atoms with van der Waals surface area (Å²) in [5.41, 5.74) is 6.39. The highest BCUT2D eigenvalue weighted by molar-refractivity contribution is 5.81. The van der Waals surface area contributed by atoms with Gasteiger partial charge in [0.15, 0.2) is 5.82 Å². The van der Waals surface area contributed by atoms with Gasteiger partial charge in [-0.15, -0.1) is 0 Å². The maximum absolute atomic E-state index is 14.1. The zero-order chi connectivity index (χ0) is 15.7. The van der Waals surface area contributed by atoms with E-state index in [0.717, 1.165) is 6.42 Å². The Hall–Kier alpha value is -2.76. The average Bonchev–Trinajstić information content (AvgIpc) is 2.82. The van der Waals surface area contributed by atoms with E-state index >= 15 is 0 Å². The third-order valence-electron chi connectivity index (χ3n) is 3.35. The van der Waals surface area contributed by atoms with Crippen LogP contribution in [0.3, 0.4) is 0 Å². The molecule has 3 rings (SSSR count). The molecule has 1 heterocycles. The molecule has 0 atom stereocenters. The molecule has 6 heteroatoms. The van der Waals surface area contributed by atoms with Gasteiger partial charge in [0.05, 0.1) is 23.2 Å². The number of hydrogen-bond acceptors (Lipinski definition) is 3. The van der Waals surface area contributed by atoms with Gasteiger partial charge in [0.1, 0.15) is 5.75 Å². The first-order valence-electron chi connectivity index (χ1n) is 7.03. The fraction of sp³-hybridized carbons (Fsp3) is 0.188. The topological polar surface area (TPSA) is 73.0 Å². The van der Waals surface area contributed by atoms with E-state index in [1.54, 1.807) is 24.3 Å². The number of nitrogens with one attached hydrogen (secondary N) is 1. The number of halogens is 1. The molecule has 0 bridgehead atoms. The lowest BCUT2D eigenvalue weighted by molar-refractivity contribution is 0.318. The number of ether oxygens (including phenoxy) is 1. The van der Waals surface area contributed by atoms with Gasteiger partial charge in [-0.05, 0) is 36.8 Å². The SMILES string of the molecule is CCCOc1ccc2c(=O)[nH]n(-c3ccc(N)cc3F)c2c1. The van der Waals surface area contributed by atoms with Crippen LogP contribution < -0.4 is 16.0 Å². The summed E-state index contributed by atoms with van der Waals surface area (Å²) in [4.78, 5) is 12.0. The molecule has 5 nitrogen and oxygen atoms in total. The summed E-state index contributed by atoms with van der Waals surface area (Å²) in [7, 11) is 0. The number of aromatic nitrogens is 2. The minimum Gasteiger partial charge on any atom is -0.494 e. The summed E-state index contributed by atoms with van der Waals surface area (Å²) in [5.74, 6) is 0.131. The van der Waals surface area contributed by atoms with Crippen molar-refractivity contribution in [3.05, 3.63) is 52.6 Å². The Labute approximate surface area is 126 Å². The number of nitrogens with two attached hydrogens (primary N) is 1. The van der Waals surface area contributed by atoms with Crippen molar-refractivity contribution < 1.29 is 9.13 Å². The number of fused-ring (bicyclic) bond motifs is 1. The standard InChI is InChI=1S/C16H16FN3O2/c1-2-7-22-11-4-5-12-15(9-11)20(19-16(12)21)14-6-3-10(18)8-13(14)17/h3-6,8-9H,2,7,18H2,1H3,(H,19,21). The van der Waals surface area contributed by atoms with Crippen LogP contribution in [0.4, 0.5) is 10.1 Å². The van der Waals surface area contributed by atoms with Gasteiger partial charge in [-0.1, -0.05) is 6.92 Å². The largest absolute Gasteiger partial charge is 0.494 e. The van der Waals surface area contributed by atoms with Crippen molar-refractivity contribution in [2.24, 2.45) is 0 Å². The van der Waals surface area contributed by atoms with E-state index in [9.17, 15) is 9.18 Å². The van der Waals surface area contributed by atoms with Crippen molar-refractivity contribution in [3.63, 3.8) is 0 Å². The number of rotatable bonds is 4. The van der Waals surface area contributed by atoms with Gasteiger partial charge in [-0.3, -0.25) is 9.89 Å². The Morgan fingerprint density at radius 1 is 1.27 bits per heavy atom. The summed E-state index contributed by atoms with van der Waals surface area (Å²) in [6.07, 6.45) is 0.880. The summed E-state index contributed by atoms with van der Waals surface area (Å²) in [6, 6.07) is 9.46. The minimum absolute atomic E-state index is 0.231. The molecule has 0 aliphatic rings. The number of nitrogens with zero attached hydrogens (tertiary/aromatic N) is 1. The Morgan fingerprint density at radius 2 is 2.09 bits per heavy atom. The molecule has 0 saturated heterocycles. The number of aromatic amines is 1. The van der Waals surface area contributed by atoms with Crippen LogP contribution in [0.2, 0.25) is 0 Å². The van der Waals surface area contributed by atoms with E-state index in [1.165, 1.54) is 16.8 Å². The molecular formula is C16H16FN3O2. The summed E-state index contributed by atoms with van der Waals surface area (Å²) in [6.45, 7) is 2.59. The molecule has 0 unspecified atom stereocenters. The maximum Gasteiger partial charge on any atom is 0.272 e. The van der Waals surface area contributed by atoms with Gasteiger partial charge in [-0.25, -0.2) is 9.07 Å².